The van der Waals surface area contributed by atoms with Gasteiger partial charge in [-0.25, -0.2) is 4.98 Å². The normalized spacial score (nSPS) is 23.4. The largest absolute Gasteiger partial charge is 0.341 e. The molecule has 1 saturated carbocycles. The molecule has 1 aliphatic carbocycles. The van der Waals surface area contributed by atoms with E-state index < -0.39 is 0 Å². The number of nitrogens with zero attached hydrogens (tertiary/aromatic N) is 4. The van der Waals surface area contributed by atoms with Crippen molar-refractivity contribution in [1.29, 1.82) is 0 Å². The molecule has 148 valence electrons. The zero-order valence-electron chi connectivity index (χ0n) is 16.3. The highest BCUT2D eigenvalue weighted by Crippen LogP contribution is 2.37. The first-order chi connectivity index (χ1) is 13.7. The Bertz CT molecular complexity index is 893. The van der Waals surface area contributed by atoms with E-state index in [2.05, 4.69) is 4.57 Å². The summed E-state index contributed by atoms with van der Waals surface area (Å²) in [6.45, 7) is 2.78. The number of carbonyl (C=O) groups excluding carboxylic acids is 2. The summed E-state index contributed by atoms with van der Waals surface area (Å²) in [5.74, 6) is 1.40. The van der Waals surface area contributed by atoms with Crippen molar-refractivity contribution in [2.24, 2.45) is 0 Å². The number of fused-ring (bicyclic) bond motifs is 1. The molecule has 0 bridgehead atoms. The van der Waals surface area contributed by atoms with Crippen molar-refractivity contribution in [3.63, 3.8) is 0 Å². The lowest BCUT2D eigenvalue weighted by molar-refractivity contribution is -0.131. The maximum atomic E-state index is 13.1. The minimum Gasteiger partial charge on any atom is -0.341 e. The van der Waals surface area contributed by atoms with Gasteiger partial charge < -0.3 is 14.4 Å². The second-order valence-corrected chi connectivity index (χ2v) is 8.52. The van der Waals surface area contributed by atoms with E-state index in [1.807, 2.05) is 34.1 Å². The van der Waals surface area contributed by atoms with Crippen LogP contribution in [0.15, 0.2) is 24.3 Å². The molecule has 1 atom stereocenters. The average Bonchev–Trinajstić information content (AvgIpc) is 3.44. The quantitative estimate of drug-likeness (QED) is 0.819. The van der Waals surface area contributed by atoms with E-state index in [1.54, 1.807) is 0 Å². The molecule has 0 N–H and O–H groups in total. The summed E-state index contributed by atoms with van der Waals surface area (Å²) in [4.78, 5) is 34.5. The molecule has 0 radical (unpaired) electrons. The first-order valence-corrected chi connectivity index (χ1v) is 10.7. The molecule has 6 heteroatoms. The van der Waals surface area contributed by atoms with Gasteiger partial charge in [-0.05, 0) is 37.8 Å². The first-order valence-electron chi connectivity index (χ1n) is 10.7. The Hall–Kier alpha value is -2.37. The highest BCUT2D eigenvalue weighted by Gasteiger charge is 2.41. The number of amides is 2. The Kier molecular flexibility index (Phi) is 4.57. The van der Waals surface area contributed by atoms with Crippen molar-refractivity contribution in [3.8, 4) is 0 Å². The molecule has 5 rings (SSSR count). The third-order valence-corrected chi connectivity index (χ3v) is 6.45. The van der Waals surface area contributed by atoms with Crippen LogP contribution in [0.5, 0.6) is 0 Å². The zero-order valence-corrected chi connectivity index (χ0v) is 16.3. The van der Waals surface area contributed by atoms with E-state index in [1.165, 1.54) is 12.8 Å². The molecule has 1 aromatic heterocycles. The Morgan fingerprint density at radius 3 is 2.57 bits per heavy atom. The molecule has 28 heavy (non-hydrogen) atoms. The molecule has 1 aromatic carbocycles. The lowest BCUT2D eigenvalue weighted by atomic mass is 10.1. The van der Waals surface area contributed by atoms with E-state index >= 15 is 0 Å². The number of benzene rings is 1. The van der Waals surface area contributed by atoms with Crippen LogP contribution in [0.3, 0.4) is 0 Å². The van der Waals surface area contributed by atoms with E-state index in [-0.39, 0.29) is 17.7 Å². The van der Waals surface area contributed by atoms with Crippen LogP contribution in [0.4, 0.5) is 0 Å². The fourth-order valence-corrected chi connectivity index (χ4v) is 4.77. The van der Waals surface area contributed by atoms with Crippen LogP contribution in [-0.4, -0.2) is 56.8 Å². The maximum absolute atomic E-state index is 13.1. The minimum absolute atomic E-state index is 0.0810. The van der Waals surface area contributed by atoms with Gasteiger partial charge in [0, 0.05) is 38.0 Å². The molecular formula is C22H28N4O2. The molecule has 1 unspecified atom stereocenters. The van der Waals surface area contributed by atoms with Gasteiger partial charge in [0.2, 0.25) is 11.8 Å². The molecular weight excluding hydrogens is 352 g/mol. The first kappa shape index (κ1) is 17.7. The lowest BCUT2D eigenvalue weighted by Gasteiger charge is -2.22. The van der Waals surface area contributed by atoms with Crippen LogP contribution >= 0.6 is 0 Å². The minimum atomic E-state index is 0.0810. The fourth-order valence-electron chi connectivity index (χ4n) is 4.77. The van der Waals surface area contributed by atoms with Gasteiger partial charge >= 0.3 is 0 Å². The summed E-state index contributed by atoms with van der Waals surface area (Å²) in [5.41, 5.74) is 1.91. The molecule has 2 aromatic rings. The highest BCUT2D eigenvalue weighted by molar-refractivity contribution is 5.83. The van der Waals surface area contributed by atoms with Crippen LogP contribution in [-0.2, 0) is 16.1 Å². The Balaban J connectivity index is 1.44. The summed E-state index contributed by atoms with van der Waals surface area (Å²) >= 11 is 0. The number of hydrogen-bond acceptors (Lipinski definition) is 3. The average molecular weight is 380 g/mol. The van der Waals surface area contributed by atoms with Crippen molar-refractivity contribution in [2.45, 2.75) is 63.5 Å². The van der Waals surface area contributed by atoms with Crippen LogP contribution in [0.25, 0.3) is 11.0 Å². The Labute approximate surface area is 165 Å². The predicted molar refractivity (Wildman–Crippen MR) is 107 cm³/mol. The Morgan fingerprint density at radius 2 is 1.82 bits per heavy atom. The van der Waals surface area contributed by atoms with Gasteiger partial charge in [-0.2, -0.15) is 0 Å². The van der Waals surface area contributed by atoms with Crippen molar-refractivity contribution in [2.75, 3.05) is 19.6 Å². The number of imidazole rings is 1. The smallest absolute Gasteiger partial charge is 0.242 e. The van der Waals surface area contributed by atoms with Crippen LogP contribution in [0.1, 0.15) is 56.7 Å². The summed E-state index contributed by atoms with van der Waals surface area (Å²) in [6.07, 6.45) is 7.38. The summed E-state index contributed by atoms with van der Waals surface area (Å²) < 4.78 is 2.08. The van der Waals surface area contributed by atoms with Gasteiger partial charge in [-0.1, -0.05) is 25.0 Å². The van der Waals surface area contributed by atoms with Gasteiger partial charge in [-0.15, -0.1) is 0 Å². The van der Waals surface area contributed by atoms with Gasteiger partial charge in [-0.3, -0.25) is 9.59 Å². The number of para-hydroxylation sites is 2. The number of rotatable bonds is 4. The van der Waals surface area contributed by atoms with E-state index in [0.29, 0.717) is 19.0 Å². The SMILES string of the molecule is O=C(Cn1c(C2CC(=O)N(C3CC3)C2)nc2ccccc21)N1CCCCCC1. The van der Waals surface area contributed by atoms with E-state index in [9.17, 15) is 9.59 Å². The van der Waals surface area contributed by atoms with Gasteiger partial charge in [0.05, 0.1) is 11.0 Å². The molecule has 2 saturated heterocycles. The molecule has 2 aliphatic heterocycles. The van der Waals surface area contributed by atoms with Crippen LogP contribution < -0.4 is 0 Å². The standard InChI is InChI=1S/C22H28N4O2/c27-20-13-16(14-25(20)17-9-10-17)22-23-18-7-3-4-8-19(18)26(22)15-21(28)24-11-5-1-2-6-12-24/h3-4,7-8,16-17H,1-2,5-6,9-15H2. The number of hydrogen-bond donors (Lipinski definition) is 0. The van der Waals surface area contributed by atoms with E-state index in [4.69, 9.17) is 4.98 Å². The van der Waals surface area contributed by atoms with Crippen molar-refractivity contribution >= 4 is 22.8 Å². The molecule has 3 fully saturated rings. The zero-order chi connectivity index (χ0) is 19.1. The summed E-state index contributed by atoms with van der Waals surface area (Å²) in [5, 5.41) is 0. The van der Waals surface area contributed by atoms with Gasteiger partial charge in [0.1, 0.15) is 12.4 Å². The number of aromatic nitrogens is 2. The van der Waals surface area contributed by atoms with Crippen molar-refractivity contribution in [1.82, 2.24) is 19.4 Å². The van der Waals surface area contributed by atoms with Crippen molar-refractivity contribution in [3.05, 3.63) is 30.1 Å². The lowest BCUT2D eigenvalue weighted by Crippen LogP contribution is -2.35. The summed E-state index contributed by atoms with van der Waals surface area (Å²) in [7, 11) is 0. The predicted octanol–water partition coefficient (Wildman–Crippen LogP) is 2.92. The fraction of sp³-hybridized carbons (Fsp3) is 0.591. The van der Waals surface area contributed by atoms with Gasteiger partial charge in [0.15, 0.2) is 0 Å². The second-order valence-electron chi connectivity index (χ2n) is 8.52. The third-order valence-electron chi connectivity index (χ3n) is 6.45. The Morgan fingerprint density at radius 1 is 1.07 bits per heavy atom. The van der Waals surface area contributed by atoms with Crippen molar-refractivity contribution < 1.29 is 9.59 Å². The molecule has 3 heterocycles. The summed E-state index contributed by atoms with van der Waals surface area (Å²) in [6, 6.07) is 8.46. The monoisotopic (exact) mass is 380 g/mol. The number of carbonyl (C=O) groups is 2. The third kappa shape index (κ3) is 3.29. The molecule has 3 aliphatic rings. The molecule has 0 spiro atoms. The van der Waals surface area contributed by atoms with Crippen LogP contribution in [0, 0.1) is 0 Å². The highest BCUT2D eigenvalue weighted by atomic mass is 16.2. The molecule has 6 nitrogen and oxygen atoms in total. The van der Waals surface area contributed by atoms with Gasteiger partial charge in [0.25, 0.3) is 0 Å². The maximum Gasteiger partial charge on any atom is 0.242 e. The number of likely N-dealkylation sites (tertiary alicyclic amines) is 2. The van der Waals surface area contributed by atoms with Crippen LogP contribution in [0.2, 0.25) is 0 Å². The topological polar surface area (TPSA) is 58.4 Å². The molecule has 2 amide bonds. The second kappa shape index (κ2) is 7.22. The van der Waals surface area contributed by atoms with E-state index in [0.717, 1.165) is 62.2 Å².